The van der Waals surface area contributed by atoms with Gasteiger partial charge < -0.3 is 14.8 Å². The van der Waals surface area contributed by atoms with Crippen molar-refractivity contribution in [2.75, 3.05) is 25.6 Å². The Hall–Kier alpha value is -0.930. The van der Waals surface area contributed by atoms with Crippen LogP contribution in [0.3, 0.4) is 0 Å². The molecule has 4 heteroatoms. The molecule has 0 amide bonds. The first-order chi connectivity index (χ1) is 7.90. The third-order valence-corrected chi connectivity index (χ3v) is 2.69. The van der Waals surface area contributed by atoms with Crippen LogP contribution in [0.5, 0.6) is 11.5 Å². The number of nitrogens with one attached hydrogen (secondary N) is 1. The van der Waals surface area contributed by atoms with E-state index in [-0.39, 0.29) is 0 Å². The molecule has 1 aromatic carbocycles. The molecule has 0 unspecified atom stereocenters. The molecule has 1 aromatic rings. The van der Waals surface area contributed by atoms with Crippen LogP contribution in [-0.2, 0) is 6.54 Å². The zero-order chi connectivity index (χ0) is 11.2. The Morgan fingerprint density at radius 3 is 2.81 bits per heavy atom. The van der Waals surface area contributed by atoms with Crippen molar-refractivity contribution in [2.24, 2.45) is 0 Å². The molecule has 1 aliphatic heterocycles. The lowest BCUT2D eigenvalue weighted by Gasteiger charge is -2.18. The van der Waals surface area contributed by atoms with Gasteiger partial charge in [0.2, 0.25) is 0 Å². The van der Waals surface area contributed by atoms with Gasteiger partial charge >= 0.3 is 0 Å². The Balaban J connectivity index is 1.90. The minimum absolute atomic E-state index is 0.635. The average molecular weight is 242 g/mol. The highest BCUT2D eigenvalue weighted by atomic mass is 35.5. The summed E-state index contributed by atoms with van der Waals surface area (Å²) in [5.41, 5.74) is 1.21. The predicted molar refractivity (Wildman–Crippen MR) is 64.5 cm³/mol. The molecular formula is C12H16ClNO2. The average Bonchev–Trinajstić information content (AvgIpc) is 2.34. The molecule has 88 valence electrons. The van der Waals surface area contributed by atoms with Crippen LogP contribution >= 0.6 is 11.6 Å². The summed E-state index contributed by atoms with van der Waals surface area (Å²) in [6.45, 7) is 3.06. The van der Waals surface area contributed by atoms with Crippen LogP contribution in [0.1, 0.15) is 12.0 Å². The molecule has 1 heterocycles. The number of ether oxygens (including phenoxy) is 2. The molecular weight excluding hydrogens is 226 g/mol. The molecule has 0 spiro atoms. The minimum Gasteiger partial charge on any atom is -0.486 e. The summed E-state index contributed by atoms with van der Waals surface area (Å²) in [5, 5.41) is 3.33. The highest BCUT2D eigenvalue weighted by Crippen LogP contribution is 2.30. The van der Waals surface area contributed by atoms with Gasteiger partial charge in [-0.15, -0.1) is 11.6 Å². The Labute approximate surface area is 101 Å². The second kappa shape index (κ2) is 5.97. The molecule has 16 heavy (non-hydrogen) atoms. The predicted octanol–water partition coefficient (Wildman–Crippen LogP) is 2.18. The number of benzene rings is 1. The zero-order valence-electron chi connectivity index (χ0n) is 9.17. The van der Waals surface area contributed by atoms with E-state index in [2.05, 4.69) is 11.4 Å². The number of hydrogen-bond donors (Lipinski definition) is 1. The summed E-state index contributed by atoms with van der Waals surface area (Å²) in [5.74, 6) is 2.40. The molecule has 0 saturated carbocycles. The summed E-state index contributed by atoms with van der Waals surface area (Å²) >= 11 is 5.60. The molecule has 0 aliphatic carbocycles. The van der Waals surface area contributed by atoms with Crippen molar-refractivity contribution in [2.45, 2.75) is 13.0 Å². The molecule has 3 nitrogen and oxygen atoms in total. The topological polar surface area (TPSA) is 30.5 Å². The first kappa shape index (κ1) is 11.6. The summed E-state index contributed by atoms with van der Waals surface area (Å²) in [4.78, 5) is 0. The van der Waals surface area contributed by atoms with Crippen molar-refractivity contribution in [3.63, 3.8) is 0 Å². The summed E-state index contributed by atoms with van der Waals surface area (Å²) in [6.07, 6.45) is 0.992. The monoisotopic (exact) mass is 241 g/mol. The van der Waals surface area contributed by atoms with E-state index < -0.39 is 0 Å². The highest BCUT2D eigenvalue weighted by Gasteiger charge is 2.11. The zero-order valence-corrected chi connectivity index (χ0v) is 9.93. The second-order valence-corrected chi connectivity index (χ2v) is 4.08. The second-order valence-electron chi connectivity index (χ2n) is 3.70. The van der Waals surface area contributed by atoms with Gasteiger partial charge in [-0.1, -0.05) is 6.07 Å². The maximum absolute atomic E-state index is 5.60. The van der Waals surface area contributed by atoms with Crippen molar-refractivity contribution in [1.82, 2.24) is 5.32 Å². The quantitative estimate of drug-likeness (QED) is 0.633. The van der Waals surface area contributed by atoms with Crippen LogP contribution in [0.15, 0.2) is 18.2 Å². The van der Waals surface area contributed by atoms with E-state index in [4.69, 9.17) is 21.1 Å². The highest BCUT2D eigenvalue weighted by molar-refractivity contribution is 6.17. The van der Waals surface area contributed by atoms with Gasteiger partial charge in [0, 0.05) is 12.4 Å². The molecule has 0 fully saturated rings. The van der Waals surface area contributed by atoms with Crippen LogP contribution < -0.4 is 14.8 Å². The minimum atomic E-state index is 0.635. The molecule has 0 bridgehead atoms. The number of fused-ring (bicyclic) bond motifs is 1. The van der Waals surface area contributed by atoms with Crippen LogP contribution in [0.2, 0.25) is 0 Å². The number of rotatable bonds is 5. The fourth-order valence-electron chi connectivity index (χ4n) is 1.62. The number of alkyl halides is 1. The van der Waals surface area contributed by atoms with E-state index in [0.717, 1.165) is 31.0 Å². The maximum atomic E-state index is 5.60. The molecule has 0 saturated heterocycles. The van der Waals surface area contributed by atoms with Gasteiger partial charge in [-0.3, -0.25) is 0 Å². The molecule has 0 aromatic heterocycles. The molecule has 1 aliphatic rings. The normalized spacial score (nSPS) is 13.8. The number of halogens is 1. The van der Waals surface area contributed by atoms with E-state index in [0.29, 0.717) is 19.1 Å². The van der Waals surface area contributed by atoms with Crippen LogP contribution in [-0.4, -0.2) is 25.6 Å². The fraction of sp³-hybridized carbons (Fsp3) is 0.500. The maximum Gasteiger partial charge on any atom is 0.161 e. The first-order valence-corrected chi connectivity index (χ1v) is 6.09. The Bertz CT molecular complexity index is 344. The lowest BCUT2D eigenvalue weighted by molar-refractivity contribution is 0.171. The van der Waals surface area contributed by atoms with Crippen LogP contribution in [0, 0.1) is 0 Å². The van der Waals surface area contributed by atoms with Gasteiger partial charge in [0.1, 0.15) is 13.2 Å². The summed E-state index contributed by atoms with van der Waals surface area (Å²) in [6, 6.07) is 6.05. The van der Waals surface area contributed by atoms with E-state index in [1.165, 1.54) is 5.56 Å². The van der Waals surface area contributed by atoms with Gasteiger partial charge in [-0.05, 0) is 30.7 Å². The molecule has 0 atom stereocenters. The summed E-state index contributed by atoms with van der Waals surface area (Å²) < 4.78 is 11.0. The van der Waals surface area contributed by atoms with Crippen molar-refractivity contribution < 1.29 is 9.47 Å². The molecule has 1 N–H and O–H groups in total. The third kappa shape index (κ3) is 3.03. The lowest BCUT2D eigenvalue weighted by atomic mass is 10.2. The Kier molecular flexibility index (Phi) is 4.31. The van der Waals surface area contributed by atoms with Gasteiger partial charge in [-0.2, -0.15) is 0 Å². The largest absolute Gasteiger partial charge is 0.486 e. The van der Waals surface area contributed by atoms with Gasteiger partial charge in [0.25, 0.3) is 0 Å². The van der Waals surface area contributed by atoms with Gasteiger partial charge in [0.05, 0.1) is 0 Å². The Morgan fingerprint density at radius 2 is 2.00 bits per heavy atom. The van der Waals surface area contributed by atoms with E-state index in [9.17, 15) is 0 Å². The molecule has 0 radical (unpaired) electrons. The van der Waals surface area contributed by atoms with Crippen molar-refractivity contribution in [3.8, 4) is 11.5 Å². The van der Waals surface area contributed by atoms with Crippen molar-refractivity contribution in [1.29, 1.82) is 0 Å². The standard InChI is InChI=1S/C12H16ClNO2/c13-4-1-5-14-9-10-2-3-11-12(8-10)16-7-6-15-11/h2-3,8,14H,1,4-7,9H2. The third-order valence-electron chi connectivity index (χ3n) is 2.42. The fourth-order valence-corrected chi connectivity index (χ4v) is 1.76. The van der Waals surface area contributed by atoms with Crippen molar-refractivity contribution >= 4 is 11.6 Å². The SMILES string of the molecule is ClCCCNCc1ccc2c(c1)OCCO2. The van der Waals surface area contributed by atoms with Gasteiger partial charge in [-0.25, -0.2) is 0 Å². The van der Waals surface area contributed by atoms with Crippen LogP contribution in [0.4, 0.5) is 0 Å². The van der Waals surface area contributed by atoms with Crippen molar-refractivity contribution in [3.05, 3.63) is 23.8 Å². The Morgan fingerprint density at radius 1 is 1.19 bits per heavy atom. The van der Waals surface area contributed by atoms with E-state index in [1.54, 1.807) is 0 Å². The number of hydrogen-bond acceptors (Lipinski definition) is 3. The smallest absolute Gasteiger partial charge is 0.161 e. The lowest BCUT2D eigenvalue weighted by Crippen LogP contribution is -2.17. The van der Waals surface area contributed by atoms with E-state index >= 15 is 0 Å². The summed E-state index contributed by atoms with van der Waals surface area (Å²) in [7, 11) is 0. The first-order valence-electron chi connectivity index (χ1n) is 5.55. The van der Waals surface area contributed by atoms with Crippen LogP contribution in [0.25, 0.3) is 0 Å². The molecule has 2 rings (SSSR count). The van der Waals surface area contributed by atoms with E-state index in [1.807, 2.05) is 12.1 Å². The van der Waals surface area contributed by atoms with Gasteiger partial charge in [0.15, 0.2) is 11.5 Å².